The van der Waals surface area contributed by atoms with Gasteiger partial charge in [-0.1, -0.05) is 46.6 Å². The Bertz CT molecular complexity index is 964. The molecule has 0 radical (unpaired) electrons. The lowest BCUT2D eigenvalue weighted by Crippen LogP contribution is -2.53. The normalized spacial score (nSPS) is 18.4. The standard InChI is InChI=1S/C25H28BrFN2O2/c1-17-3-4-18(15-22(17)27)16-28-23(30)19-9-13-29(14-10-19)24(31)25(11-2-12-25)20-5-7-21(26)8-6-20/h3-8,15,19H,2,9-14,16H2,1H3,(H,28,30). The molecule has 6 heteroatoms. The summed E-state index contributed by atoms with van der Waals surface area (Å²) in [6.45, 7) is 3.25. The molecule has 2 aliphatic rings. The van der Waals surface area contributed by atoms with E-state index in [1.807, 2.05) is 23.1 Å². The van der Waals surface area contributed by atoms with Gasteiger partial charge in [0.1, 0.15) is 5.82 Å². The summed E-state index contributed by atoms with van der Waals surface area (Å²) in [4.78, 5) is 28.0. The monoisotopic (exact) mass is 486 g/mol. The molecular weight excluding hydrogens is 459 g/mol. The average Bonchev–Trinajstić information content (AvgIpc) is 2.75. The van der Waals surface area contributed by atoms with Crippen LogP contribution in [0.5, 0.6) is 0 Å². The molecule has 4 rings (SSSR count). The molecule has 0 atom stereocenters. The van der Waals surface area contributed by atoms with Crippen molar-refractivity contribution >= 4 is 27.7 Å². The highest BCUT2D eigenvalue weighted by atomic mass is 79.9. The van der Waals surface area contributed by atoms with E-state index in [0.29, 0.717) is 38.0 Å². The van der Waals surface area contributed by atoms with Gasteiger partial charge in [-0.25, -0.2) is 4.39 Å². The highest BCUT2D eigenvalue weighted by molar-refractivity contribution is 9.10. The van der Waals surface area contributed by atoms with Crippen molar-refractivity contribution in [3.8, 4) is 0 Å². The SMILES string of the molecule is Cc1ccc(CNC(=O)C2CCN(C(=O)C3(c4ccc(Br)cc4)CCC3)CC2)cc1F. The number of hydrogen-bond acceptors (Lipinski definition) is 2. The van der Waals surface area contributed by atoms with Crippen molar-refractivity contribution in [2.24, 2.45) is 5.92 Å². The molecule has 4 nitrogen and oxygen atoms in total. The number of hydrogen-bond donors (Lipinski definition) is 1. The summed E-state index contributed by atoms with van der Waals surface area (Å²) >= 11 is 3.47. The molecule has 1 aliphatic carbocycles. The minimum atomic E-state index is -0.398. The van der Waals surface area contributed by atoms with Crippen LogP contribution in [0.1, 0.15) is 48.8 Å². The van der Waals surface area contributed by atoms with Crippen molar-refractivity contribution in [3.05, 3.63) is 69.4 Å². The number of nitrogens with one attached hydrogen (secondary N) is 1. The van der Waals surface area contributed by atoms with Crippen LogP contribution in [-0.2, 0) is 21.5 Å². The van der Waals surface area contributed by atoms with Crippen LogP contribution in [0.25, 0.3) is 0 Å². The van der Waals surface area contributed by atoms with Gasteiger partial charge in [0.15, 0.2) is 0 Å². The number of carbonyl (C=O) groups is 2. The number of halogens is 2. The van der Waals surface area contributed by atoms with Crippen molar-refractivity contribution in [1.29, 1.82) is 0 Å². The molecule has 2 aromatic rings. The van der Waals surface area contributed by atoms with Crippen molar-refractivity contribution in [1.82, 2.24) is 10.2 Å². The Labute approximate surface area is 191 Å². The fourth-order valence-electron chi connectivity index (χ4n) is 4.65. The van der Waals surface area contributed by atoms with Gasteiger partial charge in [-0.05, 0) is 67.5 Å². The summed E-state index contributed by atoms with van der Waals surface area (Å²) < 4.78 is 14.7. The average molecular weight is 487 g/mol. The summed E-state index contributed by atoms with van der Waals surface area (Å²) in [5, 5.41) is 2.93. The number of amides is 2. The molecule has 31 heavy (non-hydrogen) atoms. The molecule has 0 unspecified atom stereocenters. The van der Waals surface area contributed by atoms with Gasteiger partial charge in [-0.3, -0.25) is 9.59 Å². The number of rotatable bonds is 5. The lowest BCUT2D eigenvalue weighted by molar-refractivity contribution is -0.144. The van der Waals surface area contributed by atoms with Crippen LogP contribution >= 0.6 is 15.9 Å². The smallest absolute Gasteiger partial charge is 0.233 e. The van der Waals surface area contributed by atoms with Crippen molar-refractivity contribution in [2.75, 3.05) is 13.1 Å². The van der Waals surface area contributed by atoms with Gasteiger partial charge in [-0.2, -0.15) is 0 Å². The summed E-state index contributed by atoms with van der Waals surface area (Å²) in [5.74, 6) is -0.173. The van der Waals surface area contributed by atoms with Gasteiger partial charge in [0.25, 0.3) is 0 Å². The van der Waals surface area contributed by atoms with E-state index in [4.69, 9.17) is 0 Å². The molecule has 2 aromatic carbocycles. The van der Waals surface area contributed by atoms with Crippen LogP contribution in [0, 0.1) is 18.7 Å². The van der Waals surface area contributed by atoms with E-state index in [9.17, 15) is 14.0 Å². The molecule has 0 aromatic heterocycles. The molecular formula is C25H28BrFN2O2. The number of likely N-dealkylation sites (tertiary alicyclic amines) is 1. The minimum Gasteiger partial charge on any atom is -0.352 e. The number of aryl methyl sites for hydroxylation is 1. The highest BCUT2D eigenvalue weighted by Crippen LogP contribution is 2.46. The van der Waals surface area contributed by atoms with E-state index >= 15 is 0 Å². The zero-order valence-electron chi connectivity index (χ0n) is 17.8. The maximum Gasteiger partial charge on any atom is 0.233 e. The molecule has 2 amide bonds. The molecule has 1 saturated heterocycles. The zero-order chi connectivity index (χ0) is 22.0. The van der Waals surface area contributed by atoms with Crippen molar-refractivity contribution in [3.63, 3.8) is 0 Å². The Morgan fingerprint density at radius 3 is 2.39 bits per heavy atom. The summed E-state index contributed by atoms with van der Waals surface area (Å²) in [7, 11) is 0. The van der Waals surface area contributed by atoms with E-state index in [2.05, 4.69) is 33.4 Å². The number of benzene rings is 2. The van der Waals surface area contributed by atoms with Crippen molar-refractivity contribution < 1.29 is 14.0 Å². The predicted molar refractivity (Wildman–Crippen MR) is 122 cm³/mol. The van der Waals surface area contributed by atoms with E-state index in [0.717, 1.165) is 34.9 Å². The van der Waals surface area contributed by atoms with Gasteiger partial charge in [0, 0.05) is 30.0 Å². The van der Waals surface area contributed by atoms with E-state index in [1.165, 1.54) is 6.07 Å². The molecule has 0 spiro atoms. The van der Waals surface area contributed by atoms with Crippen LogP contribution in [0.4, 0.5) is 4.39 Å². The number of piperidine rings is 1. The van der Waals surface area contributed by atoms with Crippen LogP contribution in [-0.4, -0.2) is 29.8 Å². The van der Waals surface area contributed by atoms with Crippen LogP contribution in [0.2, 0.25) is 0 Å². The second-order valence-electron chi connectivity index (χ2n) is 8.81. The van der Waals surface area contributed by atoms with Gasteiger partial charge in [0.2, 0.25) is 11.8 Å². The minimum absolute atomic E-state index is 0.0145. The Hall–Kier alpha value is -2.21. The largest absolute Gasteiger partial charge is 0.352 e. The topological polar surface area (TPSA) is 49.4 Å². The Morgan fingerprint density at radius 1 is 1.13 bits per heavy atom. The van der Waals surface area contributed by atoms with Gasteiger partial charge < -0.3 is 10.2 Å². The highest BCUT2D eigenvalue weighted by Gasteiger charge is 2.48. The second kappa shape index (κ2) is 9.11. The van der Waals surface area contributed by atoms with Gasteiger partial charge >= 0.3 is 0 Å². The first-order chi connectivity index (χ1) is 14.9. The van der Waals surface area contributed by atoms with Gasteiger partial charge in [0.05, 0.1) is 5.41 Å². The fraction of sp³-hybridized carbons (Fsp3) is 0.440. The first-order valence-electron chi connectivity index (χ1n) is 11.0. The first kappa shape index (κ1) is 22.0. The zero-order valence-corrected chi connectivity index (χ0v) is 19.4. The Balaban J connectivity index is 1.32. The number of carbonyl (C=O) groups excluding carboxylic acids is 2. The van der Waals surface area contributed by atoms with Crippen LogP contribution < -0.4 is 5.32 Å². The van der Waals surface area contributed by atoms with Crippen molar-refractivity contribution in [2.45, 2.75) is 51.0 Å². The summed E-state index contributed by atoms with van der Waals surface area (Å²) in [5.41, 5.74) is 2.05. The lowest BCUT2D eigenvalue weighted by atomic mass is 9.63. The third kappa shape index (κ3) is 4.54. The van der Waals surface area contributed by atoms with E-state index in [1.54, 1.807) is 13.0 Å². The number of nitrogens with zero attached hydrogens (tertiary/aromatic N) is 1. The molecule has 2 fully saturated rings. The van der Waals surface area contributed by atoms with Crippen LogP contribution in [0.15, 0.2) is 46.9 Å². The van der Waals surface area contributed by atoms with E-state index in [-0.39, 0.29) is 23.5 Å². The van der Waals surface area contributed by atoms with Gasteiger partial charge in [-0.15, -0.1) is 0 Å². The Kier molecular flexibility index (Phi) is 6.47. The fourth-order valence-corrected chi connectivity index (χ4v) is 4.92. The molecule has 1 aliphatic heterocycles. The summed E-state index contributed by atoms with van der Waals surface area (Å²) in [6.07, 6.45) is 4.18. The molecule has 0 bridgehead atoms. The third-order valence-corrected chi connectivity index (χ3v) is 7.40. The Morgan fingerprint density at radius 2 is 1.81 bits per heavy atom. The lowest BCUT2D eigenvalue weighted by Gasteiger charge is -2.45. The predicted octanol–water partition coefficient (Wildman–Crippen LogP) is 4.87. The first-order valence-corrected chi connectivity index (χ1v) is 11.8. The maximum absolute atomic E-state index is 13.7. The second-order valence-corrected chi connectivity index (χ2v) is 9.73. The molecule has 1 heterocycles. The molecule has 164 valence electrons. The summed E-state index contributed by atoms with van der Waals surface area (Å²) in [6, 6.07) is 13.1. The maximum atomic E-state index is 13.7. The third-order valence-electron chi connectivity index (χ3n) is 6.87. The molecule has 1 saturated carbocycles. The molecule has 1 N–H and O–H groups in total. The van der Waals surface area contributed by atoms with E-state index < -0.39 is 5.41 Å². The van der Waals surface area contributed by atoms with Crippen LogP contribution in [0.3, 0.4) is 0 Å². The quantitative estimate of drug-likeness (QED) is 0.654.